The van der Waals surface area contributed by atoms with Crippen molar-refractivity contribution in [2.24, 2.45) is 5.92 Å². The normalized spacial score (nSPS) is 23.1. The molecule has 2 atom stereocenters. The van der Waals surface area contributed by atoms with Crippen LogP contribution in [0, 0.1) is 5.92 Å². The van der Waals surface area contributed by atoms with Crippen LogP contribution in [0.3, 0.4) is 0 Å². The first kappa shape index (κ1) is 13.9. The maximum Gasteiger partial charge on any atom is 0.195 e. The van der Waals surface area contributed by atoms with E-state index in [1.54, 1.807) is 11.3 Å². The molecule has 1 aliphatic heterocycles. The van der Waals surface area contributed by atoms with Crippen LogP contribution in [0.4, 0.5) is 5.82 Å². The average Bonchev–Trinajstić information content (AvgIpc) is 3.05. The van der Waals surface area contributed by atoms with E-state index >= 15 is 0 Å². The minimum atomic E-state index is 0.597. The summed E-state index contributed by atoms with van der Waals surface area (Å²) in [7, 11) is 0. The van der Waals surface area contributed by atoms with Gasteiger partial charge < -0.3 is 10.2 Å². The van der Waals surface area contributed by atoms with E-state index in [4.69, 9.17) is 4.98 Å². The summed E-state index contributed by atoms with van der Waals surface area (Å²) < 4.78 is 2.25. The van der Waals surface area contributed by atoms with Gasteiger partial charge >= 0.3 is 0 Å². The van der Waals surface area contributed by atoms with Gasteiger partial charge in [0.25, 0.3) is 0 Å². The molecule has 20 heavy (non-hydrogen) atoms. The highest BCUT2D eigenvalue weighted by molar-refractivity contribution is 7.15. The standard InChI is InChI=1S/C15H24N4S/c1-4-5-16-9-13-14(17-15-18(13)6-7-20-15)19-10-11(2)8-12(19)3/h6-7,11-12,16H,4-5,8-10H2,1-3H3. The first-order valence-electron chi connectivity index (χ1n) is 7.62. The fourth-order valence-corrected chi connectivity index (χ4v) is 3.92. The smallest absolute Gasteiger partial charge is 0.195 e. The van der Waals surface area contributed by atoms with Gasteiger partial charge in [-0.1, -0.05) is 13.8 Å². The molecule has 3 rings (SSSR count). The van der Waals surface area contributed by atoms with E-state index in [0.29, 0.717) is 6.04 Å². The van der Waals surface area contributed by atoms with Crippen LogP contribution < -0.4 is 10.2 Å². The summed E-state index contributed by atoms with van der Waals surface area (Å²) in [4.78, 5) is 8.49. The fraction of sp³-hybridized carbons (Fsp3) is 0.667. The summed E-state index contributed by atoms with van der Waals surface area (Å²) in [6, 6.07) is 0.597. The number of rotatable bonds is 5. The quantitative estimate of drug-likeness (QED) is 0.859. The third-order valence-electron chi connectivity index (χ3n) is 4.12. The molecule has 0 aliphatic carbocycles. The van der Waals surface area contributed by atoms with Crippen molar-refractivity contribution in [3.63, 3.8) is 0 Å². The van der Waals surface area contributed by atoms with Crippen LogP contribution in [0.5, 0.6) is 0 Å². The van der Waals surface area contributed by atoms with Crippen molar-refractivity contribution < 1.29 is 0 Å². The van der Waals surface area contributed by atoms with Crippen molar-refractivity contribution >= 4 is 22.1 Å². The summed E-state index contributed by atoms with van der Waals surface area (Å²) in [6.45, 7) is 9.95. The molecule has 0 radical (unpaired) electrons. The molecule has 2 unspecified atom stereocenters. The molecule has 0 bridgehead atoms. The largest absolute Gasteiger partial charge is 0.352 e. The highest BCUT2D eigenvalue weighted by Crippen LogP contribution is 2.32. The zero-order valence-corrected chi connectivity index (χ0v) is 13.4. The lowest BCUT2D eigenvalue weighted by Crippen LogP contribution is -2.29. The van der Waals surface area contributed by atoms with Gasteiger partial charge in [-0.15, -0.1) is 11.3 Å². The monoisotopic (exact) mass is 292 g/mol. The molecule has 0 amide bonds. The Morgan fingerprint density at radius 1 is 1.45 bits per heavy atom. The Labute approximate surface area is 124 Å². The summed E-state index contributed by atoms with van der Waals surface area (Å²) >= 11 is 1.72. The average molecular weight is 292 g/mol. The number of imidazole rings is 1. The first-order chi connectivity index (χ1) is 9.70. The molecule has 0 spiro atoms. The molecular weight excluding hydrogens is 268 g/mol. The van der Waals surface area contributed by atoms with Crippen molar-refractivity contribution in [1.82, 2.24) is 14.7 Å². The van der Waals surface area contributed by atoms with E-state index in [1.165, 1.54) is 17.9 Å². The van der Waals surface area contributed by atoms with Crippen LogP contribution in [-0.4, -0.2) is 28.5 Å². The molecule has 5 heteroatoms. The summed E-state index contributed by atoms with van der Waals surface area (Å²) in [5, 5.41) is 5.64. The predicted molar refractivity (Wildman–Crippen MR) is 85.7 cm³/mol. The van der Waals surface area contributed by atoms with E-state index in [2.05, 4.69) is 47.0 Å². The molecule has 1 saturated heterocycles. The van der Waals surface area contributed by atoms with Gasteiger partial charge in [0.05, 0.1) is 5.69 Å². The second-order valence-corrected chi connectivity index (χ2v) is 6.83. The Morgan fingerprint density at radius 3 is 3.00 bits per heavy atom. The van der Waals surface area contributed by atoms with Crippen LogP contribution in [0.1, 0.15) is 39.3 Å². The number of anilines is 1. The Balaban J connectivity index is 1.92. The Bertz CT molecular complexity index is 573. The third-order valence-corrected chi connectivity index (χ3v) is 4.87. The summed E-state index contributed by atoms with van der Waals surface area (Å²) in [6.07, 6.45) is 4.58. The molecule has 2 aromatic rings. The van der Waals surface area contributed by atoms with Gasteiger partial charge in [0.2, 0.25) is 0 Å². The van der Waals surface area contributed by atoms with Crippen LogP contribution in [0.25, 0.3) is 4.96 Å². The van der Waals surface area contributed by atoms with E-state index in [1.807, 2.05) is 0 Å². The maximum absolute atomic E-state index is 4.89. The van der Waals surface area contributed by atoms with Gasteiger partial charge in [-0.05, 0) is 32.2 Å². The number of fused-ring (bicyclic) bond motifs is 1. The molecule has 1 N–H and O–H groups in total. The van der Waals surface area contributed by atoms with Crippen molar-refractivity contribution in [2.45, 2.75) is 46.2 Å². The van der Waals surface area contributed by atoms with Gasteiger partial charge in [-0.2, -0.15) is 0 Å². The lowest BCUT2D eigenvalue weighted by Gasteiger charge is -2.22. The highest BCUT2D eigenvalue weighted by Gasteiger charge is 2.30. The summed E-state index contributed by atoms with van der Waals surface area (Å²) in [5.41, 5.74) is 1.32. The highest BCUT2D eigenvalue weighted by atomic mass is 32.1. The van der Waals surface area contributed by atoms with E-state index in [0.717, 1.165) is 36.9 Å². The SMILES string of the molecule is CCCNCc1c(N2CC(C)CC2C)nc2sccn12. The number of hydrogen-bond acceptors (Lipinski definition) is 4. The van der Waals surface area contributed by atoms with Gasteiger partial charge in [0.1, 0.15) is 0 Å². The topological polar surface area (TPSA) is 32.6 Å². The Kier molecular flexibility index (Phi) is 3.98. The van der Waals surface area contributed by atoms with E-state index in [-0.39, 0.29) is 0 Å². The second-order valence-electron chi connectivity index (χ2n) is 5.96. The molecule has 1 aliphatic rings. The number of thiazole rings is 1. The molecule has 0 saturated carbocycles. The molecule has 110 valence electrons. The molecule has 2 aromatic heterocycles. The van der Waals surface area contributed by atoms with Gasteiger partial charge in [0, 0.05) is 30.7 Å². The van der Waals surface area contributed by atoms with Crippen molar-refractivity contribution in [3.05, 3.63) is 17.3 Å². The maximum atomic E-state index is 4.89. The molecule has 1 fully saturated rings. The van der Waals surface area contributed by atoms with Crippen LogP contribution in [0.2, 0.25) is 0 Å². The zero-order chi connectivity index (χ0) is 14.1. The minimum Gasteiger partial charge on any atom is -0.352 e. The second kappa shape index (κ2) is 5.74. The minimum absolute atomic E-state index is 0.597. The molecule has 4 nitrogen and oxygen atoms in total. The van der Waals surface area contributed by atoms with E-state index in [9.17, 15) is 0 Å². The Hall–Kier alpha value is -1.07. The Morgan fingerprint density at radius 2 is 2.30 bits per heavy atom. The lowest BCUT2D eigenvalue weighted by molar-refractivity contribution is 0.624. The third kappa shape index (κ3) is 2.44. The molecule has 0 aromatic carbocycles. The van der Waals surface area contributed by atoms with Crippen LogP contribution in [0.15, 0.2) is 11.6 Å². The van der Waals surface area contributed by atoms with Crippen molar-refractivity contribution in [2.75, 3.05) is 18.0 Å². The zero-order valence-electron chi connectivity index (χ0n) is 12.6. The number of nitrogens with zero attached hydrogens (tertiary/aromatic N) is 3. The van der Waals surface area contributed by atoms with Gasteiger partial charge in [-0.3, -0.25) is 4.40 Å². The van der Waals surface area contributed by atoms with Crippen LogP contribution in [-0.2, 0) is 6.54 Å². The van der Waals surface area contributed by atoms with Gasteiger partial charge in [0.15, 0.2) is 10.8 Å². The van der Waals surface area contributed by atoms with E-state index < -0.39 is 0 Å². The predicted octanol–water partition coefficient (Wildman–Crippen LogP) is 3.13. The summed E-state index contributed by atoms with van der Waals surface area (Å²) in [5.74, 6) is 1.96. The number of aromatic nitrogens is 2. The lowest BCUT2D eigenvalue weighted by atomic mass is 10.1. The van der Waals surface area contributed by atoms with Gasteiger partial charge in [-0.25, -0.2) is 4.98 Å². The first-order valence-corrected chi connectivity index (χ1v) is 8.50. The molecular formula is C15H24N4S. The van der Waals surface area contributed by atoms with Crippen LogP contribution >= 0.6 is 11.3 Å². The van der Waals surface area contributed by atoms with Crippen molar-refractivity contribution in [1.29, 1.82) is 0 Å². The molecule has 3 heterocycles. The number of nitrogens with one attached hydrogen (secondary N) is 1. The fourth-order valence-electron chi connectivity index (χ4n) is 3.19. The number of hydrogen-bond donors (Lipinski definition) is 1. The van der Waals surface area contributed by atoms with Crippen molar-refractivity contribution in [3.8, 4) is 0 Å².